The molecule has 2 N–H and O–H groups in total. The van der Waals surface area contributed by atoms with Crippen LogP contribution in [0.4, 0.5) is 14.9 Å². The summed E-state index contributed by atoms with van der Waals surface area (Å²) in [5, 5.41) is 11.7. The lowest BCUT2D eigenvalue weighted by Crippen LogP contribution is -2.33. The molecule has 1 saturated heterocycles. The predicted octanol–water partition coefficient (Wildman–Crippen LogP) is 2.77. The van der Waals surface area contributed by atoms with Gasteiger partial charge in [-0.2, -0.15) is 0 Å². The van der Waals surface area contributed by atoms with Crippen LogP contribution in [-0.4, -0.2) is 35.1 Å². The molecule has 2 atom stereocenters. The van der Waals surface area contributed by atoms with Crippen molar-refractivity contribution < 1.29 is 19.1 Å². The van der Waals surface area contributed by atoms with Crippen LogP contribution in [0, 0.1) is 17.7 Å². The molecule has 0 aliphatic carbocycles. The zero-order chi connectivity index (χ0) is 14.9. The summed E-state index contributed by atoms with van der Waals surface area (Å²) < 4.78 is 13.4. The Labute approximate surface area is 123 Å². The Morgan fingerprint density at radius 3 is 2.70 bits per heavy atom. The minimum atomic E-state index is -0.891. The quantitative estimate of drug-likeness (QED) is 0.866. The van der Waals surface area contributed by atoms with Crippen molar-refractivity contribution in [2.24, 2.45) is 11.8 Å². The Morgan fingerprint density at radius 1 is 1.45 bits per heavy atom. The van der Waals surface area contributed by atoms with Gasteiger partial charge in [0.05, 0.1) is 10.4 Å². The third-order valence-corrected chi connectivity index (χ3v) is 4.00. The molecule has 20 heavy (non-hydrogen) atoms. The molecule has 2 amide bonds. The Morgan fingerprint density at radius 2 is 2.15 bits per heavy atom. The number of carboxylic acids is 1. The summed E-state index contributed by atoms with van der Waals surface area (Å²) in [4.78, 5) is 24.5. The maximum atomic E-state index is 13.1. The van der Waals surface area contributed by atoms with E-state index in [0.29, 0.717) is 12.2 Å². The van der Waals surface area contributed by atoms with E-state index in [4.69, 9.17) is 5.11 Å². The first kappa shape index (κ1) is 14.8. The van der Waals surface area contributed by atoms with Crippen LogP contribution in [0.2, 0.25) is 0 Å². The lowest BCUT2D eigenvalue weighted by molar-refractivity contribution is -0.142. The number of anilines is 1. The van der Waals surface area contributed by atoms with E-state index in [1.54, 1.807) is 6.92 Å². The van der Waals surface area contributed by atoms with Gasteiger partial charge in [-0.15, -0.1) is 0 Å². The molecule has 2 unspecified atom stereocenters. The molecular formula is C13H14BrFN2O3. The van der Waals surface area contributed by atoms with Gasteiger partial charge in [0.25, 0.3) is 0 Å². The van der Waals surface area contributed by atoms with Crippen LogP contribution >= 0.6 is 15.9 Å². The SMILES string of the molecule is CC1CN(C(=O)Nc2ccc(F)c(Br)c2)CC1C(=O)O. The van der Waals surface area contributed by atoms with Crippen LogP contribution in [0.15, 0.2) is 22.7 Å². The van der Waals surface area contributed by atoms with Crippen molar-refractivity contribution >= 4 is 33.6 Å². The lowest BCUT2D eigenvalue weighted by Gasteiger charge is -2.17. The fourth-order valence-electron chi connectivity index (χ4n) is 2.23. The first-order chi connectivity index (χ1) is 9.38. The number of rotatable bonds is 2. The predicted molar refractivity (Wildman–Crippen MR) is 75.0 cm³/mol. The molecule has 5 nitrogen and oxygen atoms in total. The third kappa shape index (κ3) is 3.09. The van der Waals surface area contributed by atoms with Crippen molar-refractivity contribution in [2.45, 2.75) is 6.92 Å². The summed E-state index contributed by atoms with van der Waals surface area (Å²) >= 11 is 3.04. The average molecular weight is 345 g/mol. The second-order valence-corrected chi connectivity index (χ2v) is 5.74. The van der Waals surface area contributed by atoms with Crippen LogP contribution in [-0.2, 0) is 4.79 Å². The maximum absolute atomic E-state index is 13.1. The molecule has 0 saturated carbocycles. The molecule has 1 aliphatic rings. The number of nitrogens with zero attached hydrogens (tertiary/aromatic N) is 1. The number of likely N-dealkylation sites (tertiary alicyclic amines) is 1. The monoisotopic (exact) mass is 344 g/mol. The van der Waals surface area contributed by atoms with Crippen molar-refractivity contribution in [1.82, 2.24) is 4.90 Å². The Balaban J connectivity index is 2.02. The van der Waals surface area contributed by atoms with Gasteiger partial charge in [0.2, 0.25) is 0 Å². The summed E-state index contributed by atoms with van der Waals surface area (Å²) in [5.74, 6) is -1.93. The summed E-state index contributed by atoms with van der Waals surface area (Å²) in [7, 11) is 0. The fourth-order valence-corrected chi connectivity index (χ4v) is 2.61. The molecule has 1 aliphatic heterocycles. The summed E-state index contributed by atoms with van der Waals surface area (Å²) in [5.41, 5.74) is 0.453. The third-order valence-electron chi connectivity index (χ3n) is 3.39. The number of hydrogen-bond acceptors (Lipinski definition) is 2. The van der Waals surface area contributed by atoms with Gasteiger partial charge in [-0.05, 0) is 40.0 Å². The summed E-state index contributed by atoms with van der Waals surface area (Å²) in [6.45, 7) is 2.39. The highest BCUT2D eigenvalue weighted by Gasteiger charge is 2.36. The number of benzene rings is 1. The topological polar surface area (TPSA) is 69.6 Å². The van der Waals surface area contributed by atoms with E-state index in [2.05, 4.69) is 21.2 Å². The molecular weight excluding hydrogens is 331 g/mol. The van der Waals surface area contributed by atoms with Crippen LogP contribution in [0.3, 0.4) is 0 Å². The van der Waals surface area contributed by atoms with E-state index < -0.39 is 17.7 Å². The first-order valence-electron chi connectivity index (χ1n) is 6.12. The number of urea groups is 1. The van der Waals surface area contributed by atoms with Gasteiger partial charge < -0.3 is 15.3 Å². The zero-order valence-corrected chi connectivity index (χ0v) is 12.4. The number of aliphatic carboxylic acids is 1. The Bertz CT molecular complexity index is 552. The highest BCUT2D eigenvalue weighted by atomic mass is 79.9. The average Bonchev–Trinajstić information content (AvgIpc) is 2.76. The zero-order valence-electron chi connectivity index (χ0n) is 10.8. The standard InChI is InChI=1S/C13H14BrFN2O3/c1-7-5-17(6-9(7)12(18)19)13(20)16-8-2-3-11(15)10(14)4-8/h2-4,7,9H,5-6H2,1H3,(H,16,20)(H,18,19). The highest BCUT2D eigenvalue weighted by Crippen LogP contribution is 2.25. The van der Waals surface area contributed by atoms with Crippen molar-refractivity contribution in [3.8, 4) is 0 Å². The first-order valence-corrected chi connectivity index (χ1v) is 6.91. The molecule has 1 aromatic rings. The largest absolute Gasteiger partial charge is 0.481 e. The van der Waals surface area contributed by atoms with Gasteiger partial charge in [0.15, 0.2) is 0 Å². The van der Waals surface area contributed by atoms with Gasteiger partial charge in [0, 0.05) is 18.8 Å². The summed E-state index contributed by atoms with van der Waals surface area (Å²) in [6.07, 6.45) is 0. The number of carbonyl (C=O) groups excluding carboxylic acids is 1. The number of carboxylic acid groups (broad SMARTS) is 1. The van der Waals surface area contributed by atoms with Gasteiger partial charge in [-0.1, -0.05) is 6.92 Å². The smallest absolute Gasteiger partial charge is 0.321 e. The van der Waals surface area contributed by atoms with Crippen molar-refractivity contribution in [2.75, 3.05) is 18.4 Å². The van der Waals surface area contributed by atoms with Crippen LogP contribution in [0.1, 0.15) is 6.92 Å². The number of amides is 2. The molecule has 1 heterocycles. The molecule has 0 bridgehead atoms. The minimum Gasteiger partial charge on any atom is -0.481 e. The van der Waals surface area contributed by atoms with Crippen molar-refractivity contribution in [3.05, 3.63) is 28.5 Å². The normalized spacial score (nSPS) is 21.9. The Hall–Kier alpha value is -1.63. The van der Waals surface area contributed by atoms with E-state index in [1.165, 1.54) is 23.1 Å². The van der Waals surface area contributed by atoms with Gasteiger partial charge in [-0.3, -0.25) is 4.79 Å². The van der Waals surface area contributed by atoms with Crippen LogP contribution < -0.4 is 5.32 Å². The van der Waals surface area contributed by atoms with Gasteiger partial charge in [-0.25, -0.2) is 9.18 Å². The molecule has 2 rings (SSSR count). The van der Waals surface area contributed by atoms with E-state index in [-0.39, 0.29) is 23.0 Å². The van der Waals surface area contributed by atoms with Gasteiger partial charge >= 0.3 is 12.0 Å². The molecule has 0 aromatic heterocycles. The molecule has 108 valence electrons. The Kier molecular flexibility index (Phi) is 4.27. The number of halogens is 2. The second-order valence-electron chi connectivity index (χ2n) is 4.89. The second kappa shape index (κ2) is 5.78. The van der Waals surface area contributed by atoms with Crippen molar-refractivity contribution in [1.29, 1.82) is 0 Å². The fraction of sp³-hybridized carbons (Fsp3) is 0.385. The molecule has 1 fully saturated rings. The minimum absolute atomic E-state index is 0.0850. The molecule has 1 aromatic carbocycles. The van der Waals surface area contributed by atoms with E-state index >= 15 is 0 Å². The highest BCUT2D eigenvalue weighted by molar-refractivity contribution is 9.10. The van der Waals surface area contributed by atoms with E-state index in [9.17, 15) is 14.0 Å². The number of hydrogen-bond donors (Lipinski definition) is 2. The van der Waals surface area contributed by atoms with E-state index in [1.807, 2.05) is 0 Å². The number of carbonyl (C=O) groups is 2. The lowest BCUT2D eigenvalue weighted by atomic mass is 9.99. The number of nitrogens with one attached hydrogen (secondary N) is 1. The molecule has 0 radical (unpaired) electrons. The van der Waals surface area contributed by atoms with Gasteiger partial charge in [0.1, 0.15) is 5.82 Å². The van der Waals surface area contributed by atoms with Crippen LogP contribution in [0.25, 0.3) is 0 Å². The van der Waals surface area contributed by atoms with Crippen LogP contribution in [0.5, 0.6) is 0 Å². The van der Waals surface area contributed by atoms with E-state index in [0.717, 1.165) is 0 Å². The molecule has 0 spiro atoms. The van der Waals surface area contributed by atoms with Crippen molar-refractivity contribution in [3.63, 3.8) is 0 Å². The maximum Gasteiger partial charge on any atom is 0.321 e. The molecule has 7 heteroatoms. The summed E-state index contributed by atoms with van der Waals surface area (Å²) in [6, 6.07) is 3.78.